The predicted octanol–water partition coefficient (Wildman–Crippen LogP) is 0.887. The zero-order chi connectivity index (χ0) is 15.0. The normalized spacial score (nSPS) is 17.5. The molecule has 3 N–H and O–H groups in total. The number of rotatable bonds is 5. The van der Waals surface area contributed by atoms with Gasteiger partial charge in [0.1, 0.15) is 0 Å². The van der Waals surface area contributed by atoms with Crippen LogP contribution in [0.1, 0.15) is 35.2 Å². The number of nitrogens with one attached hydrogen (secondary N) is 1. The van der Waals surface area contributed by atoms with E-state index < -0.39 is 21.6 Å². The fraction of sp³-hybridized carbons (Fsp3) is 0.462. The van der Waals surface area contributed by atoms with Crippen molar-refractivity contribution in [3.63, 3.8) is 0 Å². The summed E-state index contributed by atoms with van der Waals surface area (Å²) in [6.45, 7) is 1.55. The summed E-state index contributed by atoms with van der Waals surface area (Å²) in [7, 11) is -3.83. The third-order valence-electron chi connectivity index (χ3n) is 3.60. The van der Waals surface area contributed by atoms with Crippen LogP contribution in [0.2, 0.25) is 0 Å². The number of carbonyl (C=O) groups is 1. The number of carboxylic acids is 1. The van der Waals surface area contributed by atoms with E-state index in [4.69, 9.17) is 5.11 Å². The molecule has 0 aromatic heterocycles. The van der Waals surface area contributed by atoms with E-state index in [2.05, 4.69) is 4.72 Å². The first-order chi connectivity index (χ1) is 9.23. The molecular formula is C13H17NO5S. The molecule has 1 aliphatic carbocycles. The van der Waals surface area contributed by atoms with Gasteiger partial charge < -0.3 is 10.2 Å². The fourth-order valence-corrected chi connectivity index (χ4v) is 3.48. The molecule has 1 saturated carbocycles. The van der Waals surface area contributed by atoms with E-state index in [-0.39, 0.29) is 17.0 Å². The maximum absolute atomic E-state index is 12.2. The highest BCUT2D eigenvalue weighted by Crippen LogP contribution is 2.31. The molecule has 2 rings (SSSR count). The third kappa shape index (κ3) is 3.00. The predicted molar refractivity (Wildman–Crippen MR) is 72.1 cm³/mol. The summed E-state index contributed by atoms with van der Waals surface area (Å²) >= 11 is 0. The van der Waals surface area contributed by atoms with Crippen LogP contribution in [0.15, 0.2) is 23.1 Å². The number of hydrogen-bond donors (Lipinski definition) is 3. The number of aliphatic hydroxyl groups is 1. The minimum Gasteiger partial charge on any atom is -0.478 e. The number of aryl methyl sites for hydroxylation is 1. The summed E-state index contributed by atoms with van der Waals surface area (Å²) in [6, 6.07) is 3.94. The minimum absolute atomic E-state index is 0.0495. The van der Waals surface area contributed by atoms with Crippen LogP contribution in [-0.2, 0) is 10.0 Å². The van der Waals surface area contributed by atoms with Crippen molar-refractivity contribution in [1.29, 1.82) is 0 Å². The van der Waals surface area contributed by atoms with Crippen LogP contribution >= 0.6 is 0 Å². The molecule has 1 fully saturated rings. The van der Waals surface area contributed by atoms with Crippen molar-refractivity contribution in [3.8, 4) is 0 Å². The second-order valence-electron chi connectivity index (χ2n) is 5.19. The molecule has 20 heavy (non-hydrogen) atoms. The molecule has 0 amide bonds. The molecule has 1 aromatic rings. The van der Waals surface area contributed by atoms with Crippen LogP contribution in [0.25, 0.3) is 0 Å². The molecule has 0 spiro atoms. The second kappa shape index (κ2) is 5.16. The lowest BCUT2D eigenvalue weighted by molar-refractivity contribution is -0.0271. The molecule has 0 bridgehead atoms. The van der Waals surface area contributed by atoms with E-state index in [1.807, 2.05) is 0 Å². The van der Waals surface area contributed by atoms with E-state index >= 15 is 0 Å². The average Bonchev–Trinajstić information content (AvgIpc) is 2.34. The van der Waals surface area contributed by atoms with Gasteiger partial charge in [0, 0.05) is 6.54 Å². The number of sulfonamides is 1. The molecule has 0 radical (unpaired) electrons. The Balaban J connectivity index is 2.24. The van der Waals surface area contributed by atoms with Gasteiger partial charge in [-0.1, -0.05) is 6.07 Å². The van der Waals surface area contributed by atoms with Crippen molar-refractivity contribution < 1.29 is 23.4 Å². The molecule has 0 atom stereocenters. The monoisotopic (exact) mass is 299 g/mol. The fourth-order valence-electron chi connectivity index (χ4n) is 2.09. The number of benzene rings is 1. The topological polar surface area (TPSA) is 104 Å². The summed E-state index contributed by atoms with van der Waals surface area (Å²) in [5.41, 5.74) is -0.591. The van der Waals surface area contributed by atoms with Crippen LogP contribution in [0.4, 0.5) is 0 Å². The highest BCUT2D eigenvalue weighted by Gasteiger charge is 2.35. The number of aromatic carboxylic acids is 1. The Hall–Kier alpha value is -1.44. The van der Waals surface area contributed by atoms with Gasteiger partial charge in [0.25, 0.3) is 0 Å². The summed E-state index contributed by atoms with van der Waals surface area (Å²) in [6.07, 6.45) is 2.03. The van der Waals surface area contributed by atoms with Crippen molar-refractivity contribution in [2.75, 3.05) is 6.54 Å². The van der Waals surface area contributed by atoms with Gasteiger partial charge in [-0.2, -0.15) is 0 Å². The average molecular weight is 299 g/mol. The summed E-state index contributed by atoms with van der Waals surface area (Å²) in [5, 5.41) is 18.8. The van der Waals surface area contributed by atoms with Gasteiger partial charge in [-0.05, 0) is 43.9 Å². The molecule has 1 aromatic carbocycles. The van der Waals surface area contributed by atoms with E-state index in [9.17, 15) is 18.3 Å². The van der Waals surface area contributed by atoms with Crippen molar-refractivity contribution in [3.05, 3.63) is 29.3 Å². The summed E-state index contributed by atoms with van der Waals surface area (Å²) < 4.78 is 26.8. The zero-order valence-electron chi connectivity index (χ0n) is 11.1. The molecule has 6 nitrogen and oxygen atoms in total. The Morgan fingerprint density at radius 2 is 2.05 bits per heavy atom. The van der Waals surface area contributed by atoms with E-state index in [1.165, 1.54) is 12.1 Å². The molecule has 0 aliphatic heterocycles. The lowest BCUT2D eigenvalue weighted by Gasteiger charge is -2.36. The van der Waals surface area contributed by atoms with Crippen molar-refractivity contribution >= 4 is 16.0 Å². The van der Waals surface area contributed by atoms with Gasteiger partial charge in [-0.25, -0.2) is 17.9 Å². The van der Waals surface area contributed by atoms with E-state index in [1.54, 1.807) is 6.92 Å². The van der Waals surface area contributed by atoms with Crippen molar-refractivity contribution in [1.82, 2.24) is 4.72 Å². The second-order valence-corrected chi connectivity index (χ2v) is 6.92. The Labute approximate surface area is 117 Å². The van der Waals surface area contributed by atoms with E-state index in [0.29, 0.717) is 18.4 Å². The van der Waals surface area contributed by atoms with Crippen LogP contribution in [0, 0.1) is 6.92 Å². The highest BCUT2D eigenvalue weighted by atomic mass is 32.2. The largest absolute Gasteiger partial charge is 0.478 e. The molecule has 0 unspecified atom stereocenters. The number of carboxylic acid groups (broad SMARTS) is 1. The number of hydrogen-bond acceptors (Lipinski definition) is 4. The quantitative estimate of drug-likeness (QED) is 0.749. The van der Waals surface area contributed by atoms with Crippen LogP contribution in [-0.4, -0.2) is 36.7 Å². The highest BCUT2D eigenvalue weighted by molar-refractivity contribution is 7.89. The Morgan fingerprint density at radius 3 is 2.55 bits per heavy atom. The van der Waals surface area contributed by atoms with E-state index in [0.717, 1.165) is 12.5 Å². The summed E-state index contributed by atoms with van der Waals surface area (Å²) in [5.74, 6) is -1.18. The SMILES string of the molecule is Cc1ccc(C(=O)O)cc1S(=O)(=O)NCC1(O)CCC1. The molecule has 0 saturated heterocycles. The van der Waals surface area contributed by atoms with Gasteiger partial charge in [0.15, 0.2) is 0 Å². The Kier molecular flexibility index (Phi) is 3.86. The lowest BCUT2D eigenvalue weighted by Crippen LogP contribution is -2.47. The minimum atomic E-state index is -3.83. The van der Waals surface area contributed by atoms with Crippen molar-refractivity contribution in [2.24, 2.45) is 0 Å². The Bertz CT molecular complexity index is 634. The third-order valence-corrected chi connectivity index (χ3v) is 5.14. The van der Waals surface area contributed by atoms with Gasteiger partial charge in [-0.15, -0.1) is 0 Å². The summed E-state index contributed by atoms with van der Waals surface area (Å²) in [4.78, 5) is 10.8. The van der Waals surface area contributed by atoms with Gasteiger partial charge in [-0.3, -0.25) is 0 Å². The first kappa shape index (κ1) is 15.0. The van der Waals surface area contributed by atoms with Gasteiger partial charge >= 0.3 is 5.97 Å². The maximum atomic E-state index is 12.2. The van der Waals surface area contributed by atoms with Gasteiger partial charge in [0.05, 0.1) is 16.1 Å². The van der Waals surface area contributed by atoms with Gasteiger partial charge in [0.2, 0.25) is 10.0 Å². The molecular weight excluding hydrogens is 282 g/mol. The maximum Gasteiger partial charge on any atom is 0.335 e. The molecule has 110 valence electrons. The first-order valence-corrected chi connectivity index (χ1v) is 7.78. The standard InChI is InChI=1S/C13H17NO5S/c1-9-3-4-10(12(15)16)7-11(9)20(18,19)14-8-13(17)5-2-6-13/h3-4,7,14,17H,2,5-6,8H2,1H3,(H,15,16). The van der Waals surface area contributed by atoms with Crippen LogP contribution in [0.3, 0.4) is 0 Å². The first-order valence-electron chi connectivity index (χ1n) is 6.30. The molecule has 1 aliphatic rings. The van der Waals surface area contributed by atoms with Crippen LogP contribution in [0.5, 0.6) is 0 Å². The smallest absolute Gasteiger partial charge is 0.335 e. The van der Waals surface area contributed by atoms with Crippen LogP contribution < -0.4 is 4.72 Å². The zero-order valence-corrected chi connectivity index (χ0v) is 11.9. The molecule has 0 heterocycles. The molecule has 7 heteroatoms. The lowest BCUT2D eigenvalue weighted by atomic mass is 9.81. The van der Waals surface area contributed by atoms with Crippen molar-refractivity contribution in [2.45, 2.75) is 36.7 Å². The Morgan fingerprint density at radius 1 is 1.40 bits per heavy atom.